The van der Waals surface area contributed by atoms with Crippen molar-refractivity contribution in [2.75, 3.05) is 18.1 Å². The Bertz CT molecular complexity index is 416. The average molecular weight is 278 g/mol. The zero-order valence-corrected chi connectivity index (χ0v) is 12.3. The van der Waals surface area contributed by atoms with Gasteiger partial charge in [0.1, 0.15) is 0 Å². The molecule has 2 N–H and O–H groups in total. The van der Waals surface area contributed by atoms with E-state index in [1.54, 1.807) is 11.8 Å². The maximum absolute atomic E-state index is 11.8. The molecule has 0 aromatic heterocycles. The minimum Gasteiger partial charge on any atom is -0.338 e. The largest absolute Gasteiger partial charge is 0.338 e. The number of urea groups is 1. The van der Waals surface area contributed by atoms with Gasteiger partial charge in [-0.1, -0.05) is 25.3 Å². The summed E-state index contributed by atoms with van der Waals surface area (Å²) in [5.41, 5.74) is 0.855. The molecule has 0 spiro atoms. The third-order valence-corrected chi connectivity index (χ3v) is 4.33. The van der Waals surface area contributed by atoms with Gasteiger partial charge in [0.25, 0.3) is 0 Å². The first-order valence-electron chi connectivity index (χ1n) is 6.97. The monoisotopic (exact) mass is 278 g/mol. The van der Waals surface area contributed by atoms with E-state index in [4.69, 9.17) is 0 Å². The molecule has 0 atom stereocenters. The van der Waals surface area contributed by atoms with E-state index in [9.17, 15) is 4.79 Å². The van der Waals surface area contributed by atoms with Crippen molar-refractivity contribution >= 4 is 23.5 Å². The summed E-state index contributed by atoms with van der Waals surface area (Å²) in [5, 5.41) is 5.87. The van der Waals surface area contributed by atoms with Crippen LogP contribution in [0.15, 0.2) is 29.2 Å². The molecule has 0 aliphatic heterocycles. The molecule has 0 radical (unpaired) electrons. The van der Waals surface area contributed by atoms with Gasteiger partial charge in [-0.15, -0.1) is 11.8 Å². The predicted molar refractivity (Wildman–Crippen MR) is 81.8 cm³/mol. The van der Waals surface area contributed by atoms with Crippen LogP contribution in [-0.4, -0.2) is 18.8 Å². The third kappa shape index (κ3) is 4.78. The lowest BCUT2D eigenvalue weighted by Gasteiger charge is -2.21. The maximum atomic E-state index is 11.8. The number of hydrogen-bond donors (Lipinski definition) is 2. The van der Waals surface area contributed by atoms with Crippen molar-refractivity contribution < 1.29 is 4.79 Å². The molecule has 2 amide bonds. The molecule has 104 valence electrons. The minimum atomic E-state index is -0.0937. The lowest BCUT2D eigenvalue weighted by atomic mass is 9.89. The van der Waals surface area contributed by atoms with Crippen molar-refractivity contribution in [3.05, 3.63) is 24.3 Å². The summed E-state index contributed by atoms with van der Waals surface area (Å²) < 4.78 is 0. The van der Waals surface area contributed by atoms with Crippen molar-refractivity contribution in [3.8, 4) is 0 Å². The van der Waals surface area contributed by atoms with Crippen LogP contribution in [0, 0.1) is 5.92 Å². The number of hydrogen-bond acceptors (Lipinski definition) is 2. The van der Waals surface area contributed by atoms with Gasteiger partial charge in [-0.2, -0.15) is 0 Å². The predicted octanol–water partition coefficient (Wildman–Crippen LogP) is 4.11. The average Bonchev–Trinajstić information content (AvgIpc) is 2.46. The fourth-order valence-corrected chi connectivity index (χ4v) is 2.96. The van der Waals surface area contributed by atoms with Gasteiger partial charge in [-0.25, -0.2) is 4.79 Å². The van der Waals surface area contributed by atoms with Crippen molar-refractivity contribution in [2.24, 2.45) is 5.92 Å². The zero-order valence-electron chi connectivity index (χ0n) is 11.4. The molecule has 19 heavy (non-hydrogen) atoms. The molecule has 1 aromatic rings. The van der Waals surface area contributed by atoms with E-state index in [0.717, 1.165) is 17.1 Å². The molecule has 1 aromatic carbocycles. The Morgan fingerprint density at radius 1 is 1.32 bits per heavy atom. The van der Waals surface area contributed by atoms with Gasteiger partial charge in [0, 0.05) is 17.1 Å². The van der Waals surface area contributed by atoms with Crippen LogP contribution < -0.4 is 10.6 Å². The number of benzene rings is 1. The molecule has 1 fully saturated rings. The van der Waals surface area contributed by atoms with Crippen molar-refractivity contribution in [1.29, 1.82) is 0 Å². The van der Waals surface area contributed by atoms with Crippen molar-refractivity contribution in [1.82, 2.24) is 5.32 Å². The molecular formula is C15H22N2OS. The molecule has 1 aliphatic rings. The first kappa shape index (κ1) is 14.3. The Morgan fingerprint density at radius 2 is 2.11 bits per heavy atom. The highest BCUT2D eigenvalue weighted by atomic mass is 32.2. The number of carbonyl (C=O) groups excluding carboxylic acids is 1. The van der Waals surface area contributed by atoms with E-state index in [2.05, 4.69) is 10.6 Å². The zero-order chi connectivity index (χ0) is 13.5. The summed E-state index contributed by atoms with van der Waals surface area (Å²) in [6.45, 7) is 0.800. The van der Waals surface area contributed by atoms with Gasteiger partial charge in [-0.05, 0) is 43.2 Å². The highest BCUT2D eigenvalue weighted by molar-refractivity contribution is 7.98. The van der Waals surface area contributed by atoms with E-state index in [-0.39, 0.29) is 6.03 Å². The minimum absolute atomic E-state index is 0.0937. The number of nitrogens with one attached hydrogen (secondary N) is 2. The first-order valence-corrected chi connectivity index (χ1v) is 8.19. The molecular weight excluding hydrogens is 256 g/mol. The van der Waals surface area contributed by atoms with Crippen molar-refractivity contribution in [2.45, 2.75) is 37.0 Å². The lowest BCUT2D eigenvalue weighted by Crippen LogP contribution is -2.33. The van der Waals surface area contributed by atoms with Gasteiger partial charge in [-0.3, -0.25) is 0 Å². The van der Waals surface area contributed by atoms with Crippen LogP contribution in [-0.2, 0) is 0 Å². The van der Waals surface area contributed by atoms with Gasteiger partial charge < -0.3 is 10.6 Å². The van der Waals surface area contributed by atoms with E-state index in [0.29, 0.717) is 5.92 Å². The van der Waals surface area contributed by atoms with Crippen molar-refractivity contribution in [3.63, 3.8) is 0 Å². The number of amides is 2. The Labute approximate surface area is 119 Å². The van der Waals surface area contributed by atoms with Gasteiger partial charge >= 0.3 is 6.03 Å². The molecule has 0 bridgehead atoms. The second-order valence-electron chi connectivity index (χ2n) is 5.07. The topological polar surface area (TPSA) is 41.1 Å². The number of anilines is 1. The van der Waals surface area contributed by atoms with Crippen LogP contribution >= 0.6 is 11.8 Å². The molecule has 1 aliphatic carbocycles. The summed E-state index contributed by atoms with van der Waals surface area (Å²) in [4.78, 5) is 13.0. The molecule has 0 unspecified atom stereocenters. The molecule has 2 rings (SSSR count). The van der Waals surface area contributed by atoms with Crippen LogP contribution in [0.5, 0.6) is 0 Å². The summed E-state index contributed by atoms with van der Waals surface area (Å²) in [5.74, 6) is 0.664. The summed E-state index contributed by atoms with van der Waals surface area (Å²) in [6, 6.07) is 7.81. The molecule has 0 saturated heterocycles. The summed E-state index contributed by atoms with van der Waals surface area (Å²) >= 11 is 1.67. The highest BCUT2D eigenvalue weighted by Gasteiger charge is 2.14. The first-order chi connectivity index (χ1) is 9.28. The Balaban J connectivity index is 1.76. The molecule has 4 heteroatoms. The third-order valence-electron chi connectivity index (χ3n) is 3.60. The molecule has 0 heterocycles. The van der Waals surface area contributed by atoms with E-state index in [1.807, 2.05) is 30.5 Å². The van der Waals surface area contributed by atoms with Crippen LogP contribution in [0.1, 0.15) is 32.1 Å². The molecule has 3 nitrogen and oxygen atoms in total. The second-order valence-corrected chi connectivity index (χ2v) is 5.95. The lowest BCUT2D eigenvalue weighted by molar-refractivity contribution is 0.247. The summed E-state index contributed by atoms with van der Waals surface area (Å²) in [6.07, 6.45) is 8.50. The van der Waals surface area contributed by atoms with Crippen LogP contribution in [0.2, 0.25) is 0 Å². The highest BCUT2D eigenvalue weighted by Crippen LogP contribution is 2.23. The Hall–Kier alpha value is -1.16. The summed E-state index contributed by atoms with van der Waals surface area (Å²) in [7, 11) is 0. The van der Waals surface area contributed by atoms with Gasteiger partial charge in [0.15, 0.2) is 0 Å². The number of rotatable bonds is 4. The Morgan fingerprint density at radius 3 is 2.84 bits per heavy atom. The standard InChI is InChI=1S/C15H22N2OS/c1-19-14-9-5-8-13(10-14)17-15(18)16-11-12-6-3-2-4-7-12/h5,8-10,12H,2-4,6-7,11H2,1H3,(H2,16,17,18). The number of carbonyl (C=O) groups is 1. The fraction of sp³-hybridized carbons (Fsp3) is 0.533. The van der Waals surface area contributed by atoms with Crippen LogP contribution in [0.25, 0.3) is 0 Å². The second kappa shape index (κ2) is 7.43. The maximum Gasteiger partial charge on any atom is 0.319 e. The van der Waals surface area contributed by atoms with Crippen LogP contribution in [0.4, 0.5) is 10.5 Å². The SMILES string of the molecule is CSc1cccc(NC(=O)NCC2CCCCC2)c1. The molecule has 1 saturated carbocycles. The van der Waals surface area contributed by atoms with Crippen LogP contribution in [0.3, 0.4) is 0 Å². The normalized spacial score (nSPS) is 16.1. The quantitative estimate of drug-likeness (QED) is 0.814. The van der Waals surface area contributed by atoms with E-state index >= 15 is 0 Å². The number of thioether (sulfide) groups is 1. The fourth-order valence-electron chi connectivity index (χ4n) is 2.50. The van der Waals surface area contributed by atoms with Gasteiger partial charge in [0.05, 0.1) is 0 Å². The van der Waals surface area contributed by atoms with Gasteiger partial charge in [0.2, 0.25) is 0 Å². The van der Waals surface area contributed by atoms with E-state index in [1.165, 1.54) is 32.1 Å². The Kier molecular flexibility index (Phi) is 5.58. The smallest absolute Gasteiger partial charge is 0.319 e. The van der Waals surface area contributed by atoms with E-state index < -0.39 is 0 Å².